The van der Waals surface area contributed by atoms with E-state index in [0.29, 0.717) is 12.1 Å². The van der Waals surface area contributed by atoms with Gasteiger partial charge in [-0.15, -0.1) is 0 Å². The van der Waals surface area contributed by atoms with Gasteiger partial charge in [-0.3, -0.25) is 4.79 Å². The molecule has 0 saturated carbocycles. The van der Waals surface area contributed by atoms with Crippen molar-refractivity contribution in [3.05, 3.63) is 29.8 Å². The Balaban J connectivity index is 2.93. The zero-order valence-electron chi connectivity index (χ0n) is 16.3. The minimum atomic E-state index is -3.61. The van der Waals surface area contributed by atoms with Crippen LogP contribution >= 0.6 is 0 Å². The molecule has 1 aromatic carbocycles. The Labute approximate surface area is 152 Å². The van der Waals surface area contributed by atoms with Crippen LogP contribution < -0.4 is 5.32 Å². The van der Waals surface area contributed by atoms with E-state index in [4.69, 9.17) is 0 Å². The molecule has 0 aliphatic rings. The Morgan fingerprint density at radius 2 is 1.80 bits per heavy atom. The van der Waals surface area contributed by atoms with E-state index in [0.717, 1.165) is 6.54 Å². The second-order valence-electron chi connectivity index (χ2n) is 7.73. The van der Waals surface area contributed by atoms with Crippen molar-refractivity contribution < 1.29 is 13.2 Å². The zero-order chi connectivity index (χ0) is 19.4. The van der Waals surface area contributed by atoms with Crippen LogP contribution in [-0.4, -0.2) is 63.8 Å². The first-order valence-electron chi connectivity index (χ1n) is 8.38. The summed E-state index contributed by atoms with van der Waals surface area (Å²) in [4.78, 5) is 14.6. The molecule has 1 aromatic rings. The van der Waals surface area contributed by atoms with Gasteiger partial charge in [-0.25, -0.2) is 8.42 Å². The van der Waals surface area contributed by atoms with Crippen molar-refractivity contribution in [3.63, 3.8) is 0 Å². The second kappa shape index (κ2) is 8.29. The number of benzene rings is 1. The molecule has 1 amide bonds. The fraction of sp³-hybridized carbons (Fsp3) is 0.611. The third-order valence-electron chi connectivity index (χ3n) is 3.97. The van der Waals surface area contributed by atoms with E-state index in [9.17, 15) is 13.2 Å². The van der Waals surface area contributed by atoms with Crippen molar-refractivity contribution >= 4 is 15.9 Å². The molecule has 0 unspecified atom stereocenters. The summed E-state index contributed by atoms with van der Waals surface area (Å²) in [6.07, 6.45) is 0. The molecule has 1 N–H and O–H groups in total. The van der Waals surface area contributed by atoms with Crippen molar-refractivity contribution in [3.8, 4) is 0 Å². The topological polar surface area (TPSA) is 69.7 Å². The number of hydrogen-bond donors (Lipinski definition) is 1. The third kappa shape index (κ3) is 6.09. The predicted molar refractivity (Wildman–Crippen MR) is 101 cm³/mol. The maximum atomic E-state index is 12.6. The van der Waals surface area contributed by atoms with Gasteiger partial charge in [0.25, 0.3) is 5.91 Å². The lowest BCUT2D eigenvalue weighted by atomic mass is 9.93. The molecule has 0 aliphatic heterocycles. The number of hydrogen-bond acceptors (Lipinski definition) is 4. The van der Waals surface area contributed by atoms with Crippen LogP contribution in [0, 0.1) is 5.41 Å². The van der Waals surface area contributed by atoms with Gasteiger partial charge in [-0.1, -0.05) is 19.9 Å². The van der Waals surface area contributed by atoms with Crippen LogP contribution in [0.3, 0.4) is 0 Å². The molecule has 0 aliphatic carbocycles. The quantitative estimate of drug-likeness (QED) is 0.761. The van der Waals surface area contributed by atoms with Gasteiger partial charge < -0.3 is 10.2 Å². The summed E-state index contributed by atoms with van der Waals surface area (Å²) in [5.41, 5.74) is 0.264. The molecule has 0 heterocycles. The SMILES string of the molecule is CC(C)N(C)S(=O)(=O)c1cccc(C(=O)NCC(C)(C)CN(C)C)c1. The maximum absolute atomic E-state index is 12.6. The number of nitrogens with one attached hydrogen (secondary N) is 1. The van der Waals surface area contributed by atoms with Crippen molar-refractivity contribution in [2.75, 3.05) is 34.2 Å². The minimum Gasteiger partial charge on any atom is -0.351 e. The predicted octanol–water partition coefficient (Wildman–Crippen LogP) is 2.03. The third-order valence-corrected chi connectivity index (χ3v) is 6.00. The van der Waals surface area contributed by atoms with E-state index >= 15 is 0 Å². The smallest absolute Gasteiger partial charge is 0.251 e. The Hall–Kier alpha value is -1.44. The fourth-order valence-corrected chi connectivity index (χ4v) is 3.99. The molecule has 1 rings (SSSR count). The highest BCUT2D eigenvalue weighted by Crippen LogP contribution is 2.19. The maximum Gasteiger partial charge on any atom is 0.251 e. The van der Waals surface area contributed by atoms with Gasteiger partial charge in [0.1, 0.15) is 0 Å². The molecule has 6 nitrogen and oxygen atoms in total. The lowest BCUT2D eigenvalue weighted by Crippen LogP contribution is -2.40. The summed E-state index contributed by atoms with van der Waals surface area (Å²) in [5, 5.41) is 2.90. The summed E-state index contributed by atoms with van der Waals surface area (Å²) in [7, 11) is 1.91. The molecule has 0 saturated heterocycles. The number of amides is 1. The van der Waals surface area contributed by atoms with Gasteiger partial charge in [-0.2, -0.15) is 4.31 Å². The molecule has 0 spiro atoms. The fourth-order valence-electron chi connectivity index (χ4n) is 2.58. The van der Waals surface area contributed by atoms with Gasteiger partial charge in [0.15, 0.2) is 0 Å². The summed E-state index contributed by atoms with van der Waals surface area (Å²) in [5.74, 6) is -0.268. The van der Waals surface area contributed by atoms with E-state index in [1.54, 1.807) is 26.0 Å². The number of carbonyl (C=O) groups excluding carboxylic acids is 1. The summed E-state index contributed by atoms with van der Waals surface area (Å²) in [6.45, 7) is 9.10. The molecular weight excluding hydrogens is 338 g/mol. The Morgan fingerprint density at radius 1 is 1.20 bits per heavy atom. The van der Waals surface area contributed by atoms with E-state index in [1.807, 2.05) is 14.1 Å². The first-order valence-corrected chi connectivity index (χ1v) is 9.82. The van der Waals surface area contributed by atoms with E-state index in [2.05, 4.69) is 24.1 Å². The second-order valence-corrected chi connectivity index (χ2v) is 9.73. The lowest BCUT2D eigenvalue weighted by Gasteiger charge is -2.28. The summed E-state index contributed by atoms with van der Waals surface area (Å²) < 4.78 is 26.4. The minimum absolute atomic E-state index is 0.0826. The average Bonchev–Trinajstić information content (AvgIpc) is 2.50. The van der Waals surface area contributed by atoms with E-state index in [-0.39, 0.29) is 22.3 Å². The molecule has 7 heteroatoms. The number of nitrogens with zero attached hydrogens (tertiary/aromatic N) is 2. The van der Waals surface area contributed by atoms with Crippen LogP contribution in [0.2, 0.25) is 0 Å². The van der Waals surface area contributed by atoms with Crippen molar-refractivity contribution in [2.24, 2.45) is 5.41 Å². The Kier molecular flexibility index (Phi) is 7.17. The number of sulfonamides is 1. The van der Waals surface area contributed by atoms with Crippen LogP contribution in [0.15, 0.2) is 29.2 Å². The average molecular weight is 370 g/mol. The largest absolute Gasteiger partial charge is 0.351 e. The van der Waals surface area contributed by atoms with Gasteiger partial charge >= 0.3 is 0 Å². The molecule has 0 fully saturated rings. The lowest BCUT2D eigenvalue weighted by molar-refractivity contribution is 0.0929. The molecule has 0 bridgehead atoms. The zero-order valence-corrected chi connectivity index (χ0v) is 17.1. The van der Waals surface area contributed by atoms with Crippen molar-refractivity contribution in [2.45, 2.75) is 38.6 Å². The summed E-state index contributed by atoms with van der Waals surface area (Å²) in [6, 6.07) is 6.02. The van der Waals surface area contributed by atoms with Crippen LogP contribution in [0.25, 0.3) is 0 Å². The van der Waals surface area contributed by atoms with Gasteiger partial charge in [0.2, 0.25) is 10.0 Å². The first kappa shape index (κ1) is 21.6. The van der Waals surface area contributed by atoms with E-state index in [1.165, 1.54) is 23.5 Å². The van der Waals surface area contributed by atoms with Crippen molar-refractivity contribution in [1.29, 1.82) is 0 Å². The molecule has 0 aromatic heterocycles. The van der Waals surface area contributed by atoms with Crippen LogP contribution in [0.4, 0.5) is 0 Å². The highest BCUT2D eigenvalue weighted by molar-refractivity contribution is 7.89. The molecular formula is C18H31N3O3S. The molecule has 142 valence electrons. The van der Waals surface area contributed by atoms with Crippen molar-refractivity contribution in [1.82, 2.24) is 14.5 Å². The number of rotatable bonds is 8. The molecule has 0 radical (unpaired) electrons. The van der Waals surface area contributed by atoms with Crippen LogP contribution in [0.5, 0.6) is 0 Å². The molecule has 0 atom stereocenters. The highest BCUT2D eigenvalue weighted by atomic mass is 32.2. The summed E-state index contributed by atoms with van der Waals surface area (Å²) >= 11 is 0. The Bertz CT molecular complexity index is 697. The Morgan fingerprint density at radius 3 is 2.32 bits per heavy atom. The number of carbonyl (C=O) groups is 1. The van der Waals surface area contributed by atoms with E-state index < -0.39 is 10.0 Å². The van der Waals surface area contributed by atoms with Gasteiger partial charge in [0.05, 0.1) is 4.90 Å². The van der Waals surface area contributed by atoms with Crippen LogP contribution in [0.1, 0.15) is 38.1 Å². The highest BCUT2D eigenvalue weighted by Gasteiger charge is 2.24. The van der Waals surface area contributed by atoms with Gasteiger partial charge in [0, 0.05) is 31.7 Å². The van der Waals surface area contributed by atoms with Crippen LogP contribution in [-0.2, 0) is 10.0 Å². The van der Waals surface area contributed by atoms with Gasteiger partial charge in [-0.05, 0) is 51.6 Å². The normalized spacial score (nSPS) is 12.9. The molecule has 25 heavy (non-hydrogen) atoms. The first-order chi connectivity index (χ1) is 11.4. The standard InChI is InChI=1S/C18H31N3O3S/c1-14(2)21(7)25(23,24)16-10-8-9-15(11-16)17(22)19-12-18(3,4)13-20(5)6/h8-11,14H,12-13H2,1-7H3,(H,19,22). The monoisotopic (exact) mass is 369 g/mol.